The number of hydrogen-bond donors (Lipinski definition) is 3. The van der Waals surface area contributed by atoms with Crippen LogP contribution in [0.15, 0.2) is 36.3 Å². The minimum Gasteiger partial charge on any atom is -0.506 e. The molecule has 0 aromatic heterocycles. The zero-order chi connectivity index (χ0) is 14.3. The lowest BCUT2D eigenvalue weighted by atomic mass is 10.2. The average Bonchev–Trinajstić information content (AvgIpc) is 2.13. The van der Waals surface area contributed by atoms with Crippen LogP contribution in [0, 0.1) is 0 Å². The van der Waals surface area contributed by atoms with Gasteiger partial charge in [-0.15, -0.1) is 0 Å². The molecule has 0 aliphatic heterocycles. The van der Waals surface area contributed by atoms with E-state index in [4.69, 9.17) is 9.84 Å². The molecule has 0 aliphatic rings. The first-order valence-corrected chi connectivity index (χ1v) is 5.56. The number of amides is 1. The summed E-state index contributed by atoms with van der Waals surface area (Å²) < 4.78 is 4.99. The van der Waals surface area contributed by atoms with Gasteiger partial charge in [0.25, 0.3) is 0 Å². The molecule has 0 bridgehead atoms. The average molecular weight is 255 g/mol. The molecule has 3 N–H and O–H groups in total. The van der Waals surface area contributed by atoms with E-state index in [1.165, 1.54) is 18.2 Å². The number of allylic oxidation sites excluding steroid dienone is 2. The van der Waals surface area contributed by atoms with Crippen molar-refractivity contribution >= 4 is 6.09 Å². The fraction of sp³-hybridized carbons (Fsp3) is 0.462. The molecule has 5 nitrogen and oxygen atoms in total. The van der Waals surface area contributed by atoms with Gasteiger partial charge in [0, 0.05) is 0 Å². The Kier molecular flexibility index (Phi) is 6.19. The monoisotopic (exact) mass is 255 g/mol. The van der Waals surface area contributed by atoms with Crippen LogP contribution in [0.1, 0.15) is 27.7 Å². The van der Waals surface area contributed by atoms with Crippen molar-refractivity contribution in [2.45, 2.75) is 39.4 Å². The minimum absolute atomic E-state index is 0.0273. The highest BCUT2D eigenvalue weighted by Gasteiger charge is 2.17. The van der Waals surface area contributed by atoms with Crippen LogP contribution in [0.5, 0.6) is 0 Å². The van der Waals surface area contributed by atoms with Gasteiger partial charge >= 0.3 is 6.09 Å². The molecular weight excluding hydrogens is 234 g/mol. The summed E-state index contributed by atoms with van der Waals surface area (Å²) in [5.41, 5.74) is -0.588. The second-order valence-corrected chi connectivity index (χ2v) is 4.78. The molecule has 0 spiro atoms. The SMILES string of the molecule is C=C(NC(=O)OC(C)(C)C)/C(O)=C\C=C/C(C)O. The molecule has 0 aromatic carbocycles. The van der Waals surface area contributed by atoms with Gasteiger partial charge in [0.2, 0.25) is 0 Å². The standard InChI is InChI=1S/C13H21NO4/c1-9(15)7-6-8-11(16)10(2)14-12(17)18-13(3,4)5/h6-9,15-16H,2H2,1,3-5H3,(H,14,17)/b7-6-,11-8+. The molecule has 102 valence electrons. The lowest BCUT2D eigenvalue weighted by Crippen LogP contribution is -2.32. The van der Waals surface area contributed by atoms with Crippen molar-refractivity contribution in [2.24, 2.45) is 0 Å². The zero-order valence-corrected chi connectivity index (χ0v) is 11.2. The molecule has 1 amide bonds. The van der Waals surface area contributed by atoms with Gasteiger partial charge in [-0.2, -0.15) is 0 Å². The molecule has 0 heterocycles. The van der Waals surface area contributed by atoms with Crippen molar-refractivity contribution < 1.29 is 19.7 Å². The van der Waals surface area contributed by atoms with E-state index in [1.54, 1.807) is 27.7 Å². The topological polar surface area (TPSA) is 78.8 Å². The maximum Gasteiger partial charge on any atom is 0.412 e. The van der Waals surface area contributed by atoms with Crippen LogP contribution >= 0.6 is 0 Å². The molecule has 0 rings (SSSR count). The summed E-state index contributed by atoms with van der Waals surface area (Å²) in [5.74, 6) is -0.210. The number of carbonyl (C=O) groups excluding carboxylic acids is 1. The van der Waals surface area contributed by atoms with E-state index in [2.05, 4.69) is 11.9 Å². The highest BCUT2D eigenvalue weighted by atomic mass is 16.6. The van der Waals surface area contributed by atoms with Gasteiger partial charge in [-0.3, -0.25) is 5.32 Å². The van der Waals surface area contributed by atoms with Crippen LogP contribution < -0.4 is 5.32 Å². The van der Waals surface area contributed by atoms with Gasteiger partial charge in [-0.1, -0.05) is 18.7 Å². The smallest absolute Gasteiger partial charge is 0.412 e. The molecule has 0 radical (unpaired) electrons. The Bertz CT molecular complexity index is 362. The summed E-state index contributed by atoms with van der Waals surface area (Å²) in [4.78, 5) is 11.4. The maximum absolute atomic E-state index is 11.4. The minimum atomic E-state index is -0.688. The van der Waals surface area contributed by atoms with Crippen molar-refractivity contribution in [1.82, 2.24) is 5.32 Å². The molecule has 0 aliphatic carbocycles. The Morgan fingerprint density at radius 2 is 2.00 bits per heavy atom. The predicted molar refractivity (Wildman–Crippen MR) is 70.0 cm³/mol. The van der Waals surface area contributed by atoms with Crippen molar-refractivity contribution in [3.63, 3.8) is 0 Å². The summed E-state index contributed by atoms with van der Waals surface area (Å²) in [6.07, 6.45) is 2.94. The van der Waals surface area contributed by atoms with E-state index < -0.39 is 17.8 Å². The number of carbonyl (C=O) groups is 1. The normalized spacial score (nSPS) is 14.4. The fourth-order valence-corrected chi connectivity index (χ4v) is 0.899. The van der Waals surface area contributed by atoms with Crippen LogP contribution in [0.25, 0.3) is 0 Å². The number of ether oxygens (including phenoxy) is 1. The Hall–Kier alpha value is -1.75. The summed E-state index contributed by atoms with van der Waals surface area (Å²) in [6.45, 7) is 10.3. The Balaban J connectivity index is 4.37. The van der Waals surface area contributed by atoms with Crippen LogP contribution in [0.4, 0.5) is 4.79 Å². The van der Waals surface area contributed by atoms with Crippen LogP contribution in [-0.2, 0) is 4.74 Å². The molecule has 0 saturated heterocycles. The largest absolute Gasteiger partial charge is 0.506 e. The predicted octanol–water partition coefficient (Wildman–Crippen LogP) is 2.40. The van der Waals surface area contributed by atoms with E-state index in [-0.39, 0.29) is 11.5 Å². The second-order valence-electron chi connectivity index (χ2n) is 4.78. The van der Waals surface area contributed by atoms with Crippen molar-refractivity contribution in [1.29, 1.82) is 0 Å². The third-order valence-electron chi connectivity index (χ3n) is 1.60. The van der Waals surface area contributed by atoms with E-state index in [1.807, 2.05) is 0 Å². The molecule has 1 atom stereocenters. The molecule has 0 fully saturated rings. The van der Waals surface area contributed by atoms with Crippen LogP contribution in [0.2, 0.25) is 0 Å². The quantitative estimate of drug-likeness (QED) is 0.532. The van der Waals surface area contributed by atoms with Crippen molar-refractivity contribution in [2.75, 3.05) is 0 Å². The Morgan fingerprint density at radius 3 is 2.44 bits per heavy atom. The second kappa shape index (κ2) is 6.86. The molecule has 0 aromatic rings. The van der Waals surface area contributed by atoms with E-state index in [0.29, 0.717) is 0 Å². The number of hydrogen-bond acceptors (Lipinski definition) is 4. The molecule has 1 unspecified atom stereocenters. The summed E-state index contributed by atoms with van der Waals surface area (Å²) in [5, 5.41) is 20.8. The van der Waals surface area contributed by atoms with Gasteiger partial charge in [0.15, 0.2) is 0 Å². The maximum atomic E-state index is 11.4. The fourth-order valence-electron chi connectivity index (χ4n) is 0.899. The number of rotatable bonds is 4. The van der Waals surface area contributed by atoms with E-state index in [9.17, 15) is 9.90 Å². The lowest BCUT2D eigenvalue weighted by molar-refractivity contribution is 0.0544. The first-order valence-electron chi connectivity index (χ1n) is 5.56. The van der Waals surface area contributed by atoms with Gasteiger partial charge in [-0.05, 0) is 33.8 Å². The molecule has 0 saturated carbocycles. The molecule has 18 heavy (non-hydrogen) atoms. The molecular formula is C13H21NO4. The van der Waals surface area contributed by atoms with Gasteiger partial charge in [0.05, 0.1) is 11.8 Å². The van der Waals surface area contributed by atoms with Crippen molar-refractivity contribution in [3.8, 4) is 0 Å². The van der Waals surface area contributed by atoms with Crippen LogP contribution in [-0.4, -0.2) is 28.0 Å². The molecule has 5 heteroatoms. The highest BCUT2D eigenvalue weighted by Crippen LogP contribution is 2.08. The van der Waals surface area contributed by atoms with Gasteiger partial charge in [-0.25, -0.2) is 4.79 Å². The van der Waals surface area contributed by atoms with Gasteiger partial charge in [0.1, 0.15) is 11.4 Å². The Labute approximate surface area is 107 Å². The highest BCUT2D eigenvalue weighted by molar-refractivity contribution is 5.70. The third kappa shape index (κ3) is 8.41. The summed E-state index contributed by atoms with van der Waals surface area (Å²) in [6, 6.07) is 0. The van der Waals surface area contributed by atoms with Crippen molar-refractivity contribution in [3.05, 3.63) is 36.3 Å². The first-order chi connectivity index (χ1) is 8.11. The number of aliphatic hydroxyl groups is 2. The first kappa shape index (κ1) is 16.2. The lowest BCUT2D eigenvalue weighted by Gasteiger charge is -2.20. The van der Waals surface area contributed by atoms with E-state index in [0.717, 1.165) is 0 Å². The van der Waals surface area contributed by atoms with Gasteiger partial charge < -0.3 is 14.9 Å². The number of aliphatic hydroxyl groups excluding tert-OH is 2. The Morgan fingerprint density at radius 1 is 1.44 bits per heavy atom. The van der Waals surface area contributed by atoms with Crippen LogP contribution in [0.3, 0.4) is 0 Å². The summed E-state index contributed by atoms with van der Waals surface area (Å²) in [7, 11) is 0. The third-order valence-corrected chi connectivity index (χ3v) is 1.60. The number of alkyl carbamates (subject to hydrolysis) is 1. The zero-order valence-electron chi connectivity index (χ0n) is 11.2. The summed E-state index contributed by atoms with van der Waals surface area (Å²) >= 11 is 0. The van der Waals surface area contributed by atoms with E-state index >= 15 is 0 Å². The number of nitrogens with one attached hydrogen (secondary N) is 1.